The van der Waals surface area contributed by atoms with Crippen molar-refractivity contribution in [3.63, 3.8) is 0 Å². The third-order valence-corrected chi connectivity index (χ3v) is 6.77. The van der Waals surface area contributed by atoms with Gasteiger partial charge in [0, 0.05) is 17.6 Å². The molecule has 0 bridgehead atoms. The fourth-order valence-electron chi connectivity index (χ4n) is 3.08. The monoisotopic (exact) mass is 497 g/mol. The zero-order chi connectivity index (χ0) is 24.8. The van der Waals surface area contributed by atoms with Crippen LogP contribution in [0.3, 0.4) is 0 Å². The third kappa shape index (κ3) is 7.43. The summed E-state index contributed by atoms with van der Waals surface area (Å²) in [7, 11) is -3.87. The highest BCUT2D eigenvalue weighted by Gasteiger charge is 2.30. The normalized spacial score (nSPS) is 13.2. The van der Waals surface area contributed by atoms with E-state index >= 15 is 0 Å². The topological polar surface area (TPSA) is 86.8 Å². The third-order valence-electron chi connectivity index (χ3n) is 5.26. The van der Waals surface area contributed by atoms with E-state index in [0.29, 0.717) is 17.0 Å². The van der Waals surface area contributed by atoms with Crippen LogP contribution < -0.4 is 9.62 Å². The number of rotatable bonds is 10. The Bertz CT molecular complexity index is 1080. The van der Waals surface area contributed by atoms with E-state index < -0.39 is 34.3 Å². The predicted octanol–water partition coefficient (Wildman–Crippen LogP) is 3.58. The van der Waals surface area contributed by atoms with Gasteiger partial charge in [0.1, 0.15) is 18.4 Å². The van der Waals surface area contributed by atoms with Gasteiger partial charge < -0.3 is 10.2 Å². The number of carbonyl (C=O) groups is 2. The number of anilines is 1. The second-order valence-corrected chi connectivity index (χ2v) is 10.2. The molecule has 0 aliphatic rings. The summed E-state index contributed by atoms with van der Waals surface area (Å²) in [6.07, 6.45) is 1.67. The molecule has 2 amide bonds. The van der Waals surface area contributed by atoms with Gasteiger partial charge in [-0.25, -0.2) is 12.8 Å². The number of amides is 2. The number of carbonyl (C=O) groups excluding carboxylic acids is 2. The maximum atomic E-state index is 13.4. The molecule has 0 saturated carbocycles. The second-order valence-electron chi connectivity index (χ2n) is 7.85. The van der Waals surface area contributed by atoms with Crippen molar-refractivity contribution in [3.8, 4) is 0 Å². The van der Waals surface area contributed by atoms with Crippen LogP contribution in [0, 0.1) is 5.82 Å². The molecule has 0 heterocycles. The molecule has 33 heavy (non-hydrogen) atoms. The minimum Gasteiger partial charge on any atom is -0.352 e. The van der Waals surface area contributed by atoms with Crippen molar-refractivity contribution in [2.45, 2.75) is 45.8 Å². The lowest BCUT2D eigenvalue weighted by molar-refractivity contribution is -0.139. The smallest absolute Gasteiger partial charge is 0.244 e. The Kier molecular flexibility index (Phi) is 9.25. The molecule has 7 nitrogen and oxygen atoms in total. The van der Waals surface area contributed by atoms with Crippen LogP contribution in [0.25, 0.3) is 0 Å². The van der Waals surface area contributed by atoms with Crippen molar-refractivity contribution < 1.29 is 22.4 Å². The highest BCUT2D eigenvalue weighted by atomic mass is 35.5. The molecule has 0 spiro atoms. The number of sulfonamides is 1. The molecule has 2 aromatic carbocycles. The zero-order valence-corrected chi connectivity index (χ0v) is 20.7. The van der Waals surface area contributed by atoms with Crippen molar-refractivity contribution in [3.05, 3.63) is 64.9 Å². The van der Waals surface area contributed by atoms with Crippen LogP contribution in [0.4, 0.5) is 10.1 Å². The molecule has 0 aromatic heterocycles. The molecule has 1 N–H and O–H groups in total. The van der Waals surface area contributed by atoms with Gasteiger partial charge in [0.05, 0.1) is 11.9 Å². The Balaban J connectivity index is 2.39. The number of halogens is 2. The summed E-state index contributed by atoms with van der Waals surface area (Å²) in [6.45, 7) is 4.80. The minimum atomic E-state index is -3.87. The Hall–Kier alpha value is -2.65. The lowest BCUT2D eigenvalue weighted by Gasteiger charge is -2.32. The molecule has 0 radical (unpaired) electrons. The summed E-state index contributed by atoms with van der Waals surface area (Å²) in [5, 5.41) is 3.27. The molecular formula is C23H29ClFN3O4S. The maximum Gasteiger partial charge on any atom is 0.244 e. The van der Waals surface area contributed by atoms with Crippen molar-refractivity contribution in [1.29, 1.82) is 0 Å². The van der Waals surface area contributed by atoms with E-state index in [1.807, 2.05) is 13.8 Å². The molecule has 180 valence electrons. The standard InChI is InChI=1S/C23H29ClFN3O4S/c1-5-16(2)26-23(30)17(3)27(14-18-8-6-7-9-21(18)24)22(29)15-28(33(4,31)32)20-12-10-19(25)11-13-20/h6-13,16-17H,5,14-15H2,1-4H3,(H,26,30)/t16-,17-/m1/s1. The second kappa shape index (κ2) is 11.5. The molecule has 2 aromatic rings. The van der Waals surface area contributed by atoms with E-state index in [4.69, 9.17) is 11.6 Å². The van der Waals surface area contributed by atoms with Crippen LogP contribution in [0.5, 0.6) is 0 Å². The Morgan fingerprint density at radius 2 is 1.70 bits per heavy atom. The summed E-state index contributed by atoms with van der Waals surface area (Å²) >= 11 is 6.27. The fraction of sp³-hybridized carbons (Fsp3) is 0.391. The van der Waals surface area contributed by atoms with Crippen molar-refractivity contribution in [2.75, 3.05) is 17.1 Å². The van der Waals surface area contributed by atoms with E-state index in [0.717, 1.165) is 22.7 Å². The molecule has 10 heteroatoms. The van der Waals surface area contributed by atoms with Gasteiger partial charge in [0.15, 0.2) is 0 Å². The first-order valence-electron chi connectivity index (χ1n) is 10.5. The van der Waals surface area contributed by atoms with Crippen LogP contribution >= 0.6 is 11.6 Å². The Morgan fingerprint density at radius 3 is 2.24 bits per heavy atom. The van der Waals surface area contributed by atoms with E-state index in [1.165, 1.54) is 17.0 Å². The van der Waals surface area contributed by atoms with Gasteiger partial charge >= 0.3 is 0 Å². The van der Waals surface area contributed by atoms with E-state index in [9.17, 15) is 22.4 Å². The number of nitrogens with one attached hydrogen (secondary N) is 1. The van der Waals surface area contributed by atoms with Crippen molar-refractivity contribution >= 4 is 39.1 Å². The summed E-state index contributed by atoms with van der Waals surface area (Å²) in [4.78, 5) is 27.5. The molecule has 2 atom stereocenters. The average molecular weight is 498 g/mol. The number of nitrogens with zero attached hydrogens (tertiary/aromatic N) is 2. The first kappa shape index (κ1) is 26.6. The summed E-state index contributed by atoms with van der Waals surface area (Å²) in [5.41, 5.74) is 0.755. The maximum absolute atomic E-state index is 13.4. The molecular weight excluding hydrogens is 469 g/mol. The van der Waals surface area contributed by atoms with Crippen LogP contribution in [0.1, 0.15) is 32.8 Å². The number of hydrogen-bond acceptors (Lipinski definition) is 4. The molecule has 2 rings (SSSR count). The molecule has 0 fully saturated rings. The van der Waals surface area contributed by atoms with Crippen LogP contribution in [-0.2, 0) is 26.2 Å². The first-order chi connectivity index (χ1) is 15.4. The van der Waals surface area contributed by atoms with E-state index in [1.54, 1.807) is 31.2 Å². The summed E-state index contributed by atoms with van der Waals surface area (Å²) in [6, 6.07) is 10.7. The van der Waals surface area contributed by atoms with Crippen LogP contribution in [0.2, 0.25) is 5.02 Å². The van der Waals surface area contributed by atoms with Gasteiger partial charge in [0.25, 0.3) is 0 Å². The predicted molar refractivity (Wildman–Crippen MR) is 128 cm³/mol. The SMILES string of the molecule is CC[C@@H](C)NC(=O)[C@@H](C)N(Cc1ccccc1Cl)C(=O)CN(c1ccc(F)cc1)S(C)(=O)=O. The van der Waals surface area contributed by atoms with Gasteiger partial charge in [-0.1, -0.05) is 36.7 Å². The summed E-state index contributed by atoms with van der Waals surface area (Å²) < 4.78 is 39.1. The Morgan fingerprint density at radius 1 is 1.09 bits per heavy atom. The quantitative estimate of drug-likeness (QED) is 0.543. The lowest BCUT2D eigenvalue weighted by Crippen LogP contribution is -2.52. The number of benzene rings is 2. The van der Waals surface area contributed by atoms with Crippen LogP contribution in [0.15, 0.2) is 48.5 Å². The van der Waals surface area contributed by atoms with Crippen LogP contribution in [-0.4, -0.2) is 50.0 Å². The van der Waals surface area contributed by atoms with Crippen molar-refractivity contribution in [2.24, 2.45) is 0 Å². The summed E-state index contributed by atoms with van der Waals surface area (Å²) in [5.74, 6) is -1.50. The highest BCUT2D eigenvalue weighted by molar-refractivity contribution is 7.92. The van der Waals surface area contributed by atoms with E-state index in [2.05, 4.69) is 5.32 Å². The van der Waals surface area contributed by atoms with Crippen molar-refractivity contribution in [1.82, 2.24) is 10.2 Å². The number of hydrogen-bond donors (Lipinski definition) is 1. The zero-order valence-electron chi connectivity index (χ0n) is 19.1. The van der Waals surface area contributed by atoms with Gasteiger partial charge in [-0.15, -0.1) is 0 Å². The minimum absolute atomic E-state index is 0.00855. The Labute approximate surface area is 199 Å². The molecule has 0 aliphatic heterocycles. The molecule has 0 saturated heterocycles. The highest BCUT2D eigenvalue weighted by Crippen LogP contribution is 2.21. The van der Waals surface area contributed by atoms with Gasteiger partial charge in [-0.2, -0.15) is 0 Å². The van der Waals surface area contributed by atoms with Gasteiger partial charge in [-0.05, 0) is 56.2 Å². The molecule has 0 aliphatic carbocycles. The fourth-order valence-corrected chi connectivity index (χ4v) is 4.12. The lowest BCUT2D eigenvalue weighted by atomic mass is 10.1. The molecule has 0 unspecified atom stereocenters. The largest absolute Gasteiger partial charge is 0.352 e. The van der Waals surface area contributed by atoms with Gasteiger partial charge in [0.2, 0.25) is 21.8 Å². The average Bonchev–Trinajstić information content (AvgIpc) is 2.76. The van der Waals surface area contributed by atoms with E-state index in [-0.39, 0.29) is 24.2 Å². The first-order valence-corrected chi connectivity index (χ1v) is 12.7. The van der Waals surface area contributed by atoms with Gasteiger partial charge in [-0.3, -0.25) is 13.9 Å².